The second kappa shape index (κ2) is 9.15. The summed E-state index contributed by atoms with van der Waals surface area (Å²) < 4.78 is 16.0. The highest BCUT2D eigenvalue weighted by molar-refractivity contribution is 6.31. The molecule has 7 nitrogen and oxygen atoms in total. The number of fused-ring (bicyclic) bond motifs is 1. The van der Waals surface area contributed by atoms with Crippen LogP contribution < -0.4 is 10.2 Å². The summed E-state index contributed by atoms with van der Waals surface area (Å²) >= 11 is 6.07. The van der Waals surface area contributed by atoms with Crippen molar-refractivity contribution in [1.82, 2.24) is 24.4 Å². The van der Waals surface area contributed by atoms with Crippen molar-refractivity contribution in [2.75, 3.05) is 49.5 Å². The van der Waals surface area contributed by atoms with Crippen molar-refractivity contribution in [2.24, 2.45) is 0 Å². The van der Waals surface area contributed by atoms with Crippen LogP contribution in [0, 0.1) is 5.82 Å². The lowest BCUT2D eigenvalue weighted by molar-refractivity contribution is 0.173. The maximum Gasteiger partial charge on any atom is 0.141 e. The number of imidazole rings is 1. The zero-order valence-corrected chi connectivity index (χ0v) is 19.9. The van der Waals surface area contributed by atoms with Gasteiger partial charge in [-0.25, -0.2) is 19.3 Å². The molecule has 178 valence electrons. The Balaban J connectivity index is 1.23. The number of aromatic nitrogens is 4. The molecule has 1 N–H and O–H groups in total. The predicted molar refractivity (Wildman–Crippen MR) is 132 cm³/mol. The molecule has 0 atom stereocenters. The fraction of sp³-hybridized carbons (Fsp3) is 0.480. The standard InChI is InChI=1S/C25H29ClFN7/c26-20-14-18(2-3-21(20)27)22-15-34(13-12-32-8-1-9-32)24(31-22)17-5-10-33(11-6-17)25-19-4-7-28-23(19)29-16-30-25/h2-3,14-17H,1,4-13H2,(H,28,29,30). The smallest absolute Gasteiger partial charge is 0.141 e. The van der Waals surface area contributed by atoms with Gasteiger partial charge in [-0.1, -0.05) is 11.6 Å². The van der Waals surface area contributed by atoms with Crippen LogP contribution in [0.4, 0.5) is 16.0 Å². The number of anilines is 2. The van der Waals surface area contributed by atoms with E-state index in [0.29, 0.717) is 5.92 Å². The molecule has 0 saturated carbocycles. The number of piperidine rings is 1. The summed E-state index contributed by atoms with van der Waals surface area (Å²) in [5.41, 5.74) is 2.96. The van der Waals surface area contributed by atoms with Gasteiger partial charge in [-0.2, -0.15) is 0 Å². The largest absolute Gasteiger partial charge is 0.369 e. The van der Waals surface area contributed by atoms with E-state index in [0.717, 1.165) is 80.7 Å². The van der Waals surface area contributed by atoms with Crippen LogP contribution in [0.25, 0.3) is 11.3 Å². The SMILES string of the molecule is Fc1ccc(-c2cn(CCN3CCC3)c(C3CCN(c4ncnc5c4CCN5)CC3)n2)cc1Cl. The Morgan fingerprint density at radius 1 is 1.09 bits per heavy atom. The molecular weight excluding hydrogens is 453 g/mol. The van der Waals surface area contributed by atoms with Crippen LogP contribution in [-0.4, -0.2) is 63.7 Å². The molecule has 6 rings (SSSR count). The molecule has 0 amide bonds. The Hall–Kier alpha value is -2.71. The van der Waals surface area contributed by atoms with Crippen LogP contribution in [0.3, 0.4) is 0 Å². The van der Waals surface area contributed by atoms with Gasteiger partial charge in [-0.15, -0.1) is 0 Å². The van der Waals surface area contributed by atoms with Gasteiger partial charge in [0.2, 0.25) is 0 Å². The predicted octanol–water partition coefficient (Wildman–Crippen LogP) is 4.19. The van der Waals surface area contributed by atoms with Crippen LogP contribution in [0.5, 0.6) is 0 Å². The molecule has 0 radical (unpaired) electrons. The van der Waals surface area contributed by atoms with Crippen LogP contribution in [0.1, 0.15) is 36.6 Å². The molecule has 1 aromatic carbocycles. The monoisotopic (exact) mass is 481 g/mol. The zero-order chi connectivity index (χ0) is 23.1. The lowest BCUT2D eigenvalue weighted by Gasteiger charge is -2.34. The van der Waals surface area contributed by atoms with E-state index in [1.807, 2.05) is 0 Å². The van der Waals surface area contributed by atoms with Crippen molar-refractivity contribution in [1.29, 1.82) is 0 Å². The van der Waals surface area contributed by atoms with Gasteiger partial charge >= 0.3 is 0 Å². The summed E-state index contributed by atoms with van der Waals surface area (Å²) in [6.07, 6.45) is 8.11. The molecule has 34 heavy (non-hydrogen) atoms. The first kappa shape index (κ1) is 21.8. The summed E-state index contributed by atoms with van der Waals surface area (Å²) in [5, 5.41) is 3.49. The van der Waals surface area contributed by atoms with Crippen molar-refractivity contribution >= 4 is 23.2 Å². The molecule has 3 aromatic rings. The van der Waals surface area contributed by atoms with E-state index >= 15 is 0 Å². The Bertz CT molecular complexity index is 1180. The van der Waals surface area contributed by atoms with Gasteiger partial charge in [-0.3, -0.25) is 0 Å². The zero-order valence-electron chi connectivity index (χ0n) is 19.2. The van der Waals surface area contributed by atoms with Crippen molar-refractivity contribution < 1.29 is 4.39 Å². The Morgan fingerprint density at radius 2 is 1.94 bits per heavy atom. The molecule has 9 heteroatoms. The third kappa shape index (κ3) is 4.14. The maximum atomic E-state index is 13.7. The van der Waals surface area contributed by atoms with Gasteiger partial charge < -0.3 is 19.7 Å². The Kier molecular flexibility index (Phi) is 5.87. The first-order valence-corrected chi connectivity index (χ1v) is 12.6. The second-order valence-electron chi connectivity index (χ2n) is 9.46. The number of benzene rings is 1. The van der Waals surface area contributed by atoms with E-state index in [4.69, 9.17) is 16.6 Å². The minimum atomic E-state index is -0.401. The first-order valence-electron chi connectivity index (χ1n) is 12.2. The van der Waals surface area contributed by atoms with Crippen molar-refractivity contribution in [2.45, 2.75) is 38.1 Å². The number of hydrogen-bond donors (Lipinski definition) is 1. The number of rotatable bonds is 6. The number of halogens is 2. The first-order chi connectivity index (χ1) is 16.7. The summed E-state index contributed by atoms with van der Waals surface area (Å²) in [6, 6.07) is 4.86. The number of likely N-dealkylation sites (tertiary alicyclic amines) is 1. The van der Waals surface area contributed by atoms with E-state index in [2.05, 4.69) is 35.8 Å². The maximum absolute atomic E-state index is 13.7. The lowest BCUT2D eigenvalue weighted by atomic mass is 9.95. The van der Waals surface area contributed by atoms with Crippen LogP contribution >= 0.6 is 11.6 Å². The molecule has 0 aliphatic carbocycles. The molecule has 0 unspecified atom stereocenters. The van der Waals surface area contributed by atoms with Gasteiger partial charge in [-0.05, 0) is 57.0 Å². The fourth-order valence-electron chi connectivity index (χ4n) is 5.30. The lowest BCUT2D eigenvalue weighted by Crippen LogP contribution is -2.39. The molecule has 2 saturated heterocycles. The summed E-state index contributed by atoms with van der Waals surface area (Å²) in [7, 11) is 0. The van der Waals surface area contributed by atoms with Crippen molar-refractivity contribution in [3.63, 3.8) is 0 Å². The van der Waals surface area contributed by atoms with Gasteiger partial charge in [0.25, 0.3) is 0 Å². The summed E-state index contributed by atoms with van der Waals surface area (Å²) in [4.78, 5) is 18.9. The van der Waals surface area contributed by atoms with E-state index in [-0.39, 0.29) is 5.02 Å². The van der Waals surface area contributed by atoms with Crippen LogP contribution in [0.15, 0.2) is 30.7 Å². The molecular formula is C25H29ClFN7. The molecule has 3 aliphatic heterocycles. The van der Waals surface area contributed by atoms with Gasteiger partial charge in [0, 0.05) is 56.0 Å². The van der Waals surface area contributed by atoms with Crippen LogP contribution in [0.2, 0.25) is 5.02 Å². The quantitative estimate of drug-likeness (QED) is 0.569. The molecule has 2 aromatic heterocycles. The third-order valence-electron chi connectivity index (χ3n) is 7.38. The molecule has 3 aliphatic rings. The summed E-state index contributed by atoms with van der Waals surface area (Å²) in [6.45, 7) is 7.15. The van der Waals surface area contributed by atoms with E-state index in [1.165, 1.54) is 31.1 Å². The summed E-state index contributed by atoms with van der Waals surface area (Å²) in [5.74, 6) is 3.17. The highest BCUT2D eigenvalue weighted by Gasteiger charge is 2.29. The number of hydrogen-bond acceptors (Lipinski definition) is 6. The minimum absolute atomic E-state index is 0.134. The van der Waals surface area contributed by atoms with Crippen LogP contribution in [-0.2, 0) is 13.0 Å². The topological polar surface area (TPSA) is 62.1 Å². The van der Waals surface area contributed by atoms with E-state index in [1.54, 1.807) is 18.5 Å². The average molecular weight is 482 g/mol. The molecule has 0 bridgehead atoms. The average Bonchev–Trinajstić information content (AvgIpc) is 3.47. The third-order valence-corrected chi connectivity index (χ3v) is 7.67. The van der Waals surface area contributed by atoms with E-state index in [9.17, 15) is 4.39 Å². The van der Waals surface area contributed by atoms with Crippen molar-refractivity contribution in [3.8, 4) is 11.3 Å². The minimum Gasteiger partial charge on any atom is -0.369 e. The van der Waals surface area contributed by atoms with Gasteiger partial charge in [0.1, 0.15) is 29.6 Å². The normalized spacial score (nSPS) is 18.6. The highest BCUT2D eigenvalue weighted by Crippen LogP contribution is 2.35. The van der Waals surface area contributed by atoms with Crippen molar-refractivity contribution in [3.05, 3.63) is 53.0 Å². The number of nitrogens with zero attached hydrogens (tertiary/aromatic N) is 6. The van der Waals surface area contributed by atoms with E-state index < -0.39 is 5.82 Å². The Labute approximate surface area is 204 Å². The fourth-order valence-corrected chi connectivity index (χ4v) is 5.48. The van der Waals surface area contributed by atoms with Gasteiger partial charge in [0.05, 0.1) is 10.7 Å². The number of nitrogens with one attached hydrogen (secondary N) is 1. The molecule has 0 spiro atoms. The molecule has 2 fully saturated rings. The molecule has 5 heterocycles. The Morgan fingerprint density at radius 3 is 2.71 bits per heavy atom. The highest BCUT2D eigenvalue weighted by atomic mass is 35.5. The van der Waals surface area contributed by atoms with Gasteiger partial charge in [0.15, 0.2) is 0 Å². The second-order valence-corrected chi connectivity index (χ2v) is 9.87.